The molecule has 3 N–H and O–H groups in total. The molecule has 2 amide bonds. The molecule has 5 nitrogen and oxygen atoms in total. The lowest BCUT2D eigenvalue weighted by Crippen LogP contribution is -2.53. The number of hydrogen-bond acceptors (Lipinski definition) is 4. The first-order valence-electron chi connectivity index (χ1n) is 8.90. The topological polar surface area (TPSA) is 70.2 Å². The molecule has 6 heteroatoms. The SMILES string of the molecule is CSCCC(NC(=O)c1cccc(C)c1)C(=O)NC1CCNC(C)C1. The highest BCUT2D eigenvalue weighted by Crippen LogP contribution is 2.10. The lowest BCUT2D eigenvalue weighted by Gasteiger charge is -2.30. The number of thioether (sulfide) groups is 1. The Bertz CT molecular complexity index is 594. The van der Waals surface area contributed by atoms with E-state index in [0.29, 0.717) is 18.0 Å². The highest BCUT2D eigenvalue weighted by molar-refractivity contribution is 7.98. The number of benzene rings is 1. The lowest BCUT2D eigenvalue weighted by atomic mass is 10.00. The minimum absolute atomic E-state index is 0.0749. The molecule has 1 aromatic rings. The van der Waals surface area contributed by atoms with E-state index in [1.807, 2.05) is 31.4 Å². The van der Waals surface area contributed by atoms with Crippen LogP contribution in [0.2, 0.25) is 0 Å². The second-order valence-electron chi connectivity index (χ2n) is 6.76. The number of rotatable bonds is 7. The van der Waals surface area contributed by atoms with Gasteiger partial charge >= 0.3 is 0 Å². The van der Waals surface area contributed by atoms with Crippen molar-refractivity contribution < 1.29 is 9.59 Å². The fourth-order valence-corrected chi connectivity index (χ4v) is 3.57. The third kappa shape index (κ3) is 6.36. The molecular weight excluding hydrogens is 334 g/mol. The number of nitrogens with one attached hydrogen (secondary N) is 3. The van der Waals surface area contributed by atoms with Gasteiger partial charge in [0.2, 0.25) is 5.91 Å². The number of carbonyl (C=O) groups is 2. The Labute approximate surface area is 154 Å². The summed E-state index contributed by atoms with van der Waals surface area (Å²) in [6, 6.07) is 7.52. The molecule has 2 rings (SSSR count). The smallest absolute Gasteiger partial charge is 0.251 e. The Morgan fingerprint density at radius 1 is 1.40 bits per heavy atom. The Kier molecular flexibility index (Phi) is 7.78. The van der Waals surface area contributed by atoms with E-state index in [1.165, 1.54) is 0 Å². The fraction of sp³-hybridized carbons (Fsp3) is 0.579. The van der Waals surface area contributed by atoms with E-state index >= 15 is 0 Å². The van der Waals surface area contributed by atoms with E-state index < -0.39 is 6.04 Å². The summed E-state index contributed by atoms with van der Waals surface area (Å²) in [5, 5.41) is 9.42. The molecule has 0 bridgehead atoms. The van der Waals surface area contributed by atoms with Crippen LogP contribution in [0.5, 0.6) is 0 Å². The van der Waals surface area contributed by atoms with Crippen molar-refractivity contribution >= 4 is 23.6 Å². The molecule has 0 aromatic heterocycles. The first-order valence-corrected chi connectivity index (χ1v) is 10.3. The van der Waals surface area contributed by atoms with Crippen molar-refractivity contribution in [2.45, 2.75) is 51.2 Å². The summed E-state index contributed by atoms with van der Waals surface area (Å²) in [7, 11) is 0. The molecule has 0 aliphatic carbocycles. The van der Waals surface area contributed by atoms with Crippen LogP contribution in [-0.4, -0.2) is 48.5 Å². The normalized spacial score (nSPS) is 21.4. The van der Waals surface area contributed by atoms with Crippen LogP contribution in [0.4, 0.5) is 0 Å². The predicted octanol–water partition coefficient (Wildman–Crippen LogP) is 2.10. The molecule has 25 heavy (non-hydrogen) atoms. The third-order valence-corrected chi connectivity index (χ3v) is 5.13. The van der Waals surface area contributed by atoms with Gasteiger partial charge in [-0.15, -0.1) is 0 Å². The summed E-state index contributed by atoms with van der Waals surface area (Å²) < 4.78 is 0. The van der Waals surface area contributed by atoms with Crippen LogP contribution >= 0.6 is 11.8 Å². The average Bonchev–Trinajstić information content (AvgIpc) is 2.58. The summed E-state index contributed by atoms with van der Waals surface area (Å²) in [5.41, 5.74) is 1.62. The quantitative estimate of drug-likeness (QED) is 0.694. The van der Waals surface area contributed by atoms with Crippen LogP contribution in [0.15, 0.2) is 24.3 Å². The van der Waals surface area contributed by atoms with Crippen molar-refractivity contribution in [3.05, 3.63) is 35.4 Å². The maximum absolute atomic E-state index is 12.7. The van der Waals surface area contributed by atoms with Crippen molar-refractivity contribution in [2.75, 3.05) is 18.6 Å². The molecule has 1 aromatic carbocycles. The molecule has 138 valence electrons. The van der Waals surface area contributed by atoms with Crippen LogP contribution in [-0.2, 0) is 4.79 Å². The zero-order chi connectivity index (χ0) is 18.2. The van der Waals surface area contributed by atoms with Gasteiger partial charge < -0.3 is 16.0 Å². The van der Waals surface area contributed by atoms with E-state index in [0.717, 1.165) is 30.7 Å². The van der Waals surface area contributed by atoms with Gasteiger partial charge in [0.05, 0.1) is 0 Å². The van der Waals surface area contributed by atoms with Gasteiger partial charge in [-0.1, -0.05) is 17.7 Å². The molecule has 3 unspecified atom stereocenters. The first kappa shape index (κ1) is 19.8. The van der Waals surface area contributed by atoms with Crippen molar-refractivity contribution in [3.63, 3.8) is 0 Å². The third-order valence-electron chi connectivity index (χ3n) is 4.48. The maximum atomic E-state index is 12.7. The standard InChI is InChI=1S/C19H29N3O2S/c1-13-5-4-6-15(11-13)18(23)22-17(8-10-25-3)19(24)21-16-7-9-20-14(2)12-16/h4-6,11,14,16-17,20H,7-10,12H2,1-3H3,(H,21,24)(H,22,23). The number of piperidine rings is 1. The minimum atomic E-state index is -0.495. The molecule has 0 saturated carbocycles. The Morgan fingerprint density at radius 3 is 2.88 bits per heavy atom. The predicted molar refractivity (Wildman–Crippen MR) is 104 cm³/mol. The monoisotopic (exact) mass is 363 g/mol. The molecule has 1 fully saturated rings. The lowest BCUT2D eigenvalue weighted by molar-refractivity contribution is -0.123. The zero-order valence-electron chi connectivity index (χ0n) is 15.3. The van der Waals surface area contributed by atoms with Crippen molar-refractivity contribution in [1.82, 2.24) is 16.0 Å². The highest BCUT2D eigenvalue weighted by Gasteiger charge is 2.25. The van der Waals surface area contributed by atoms with Crippen molar-refractivity contribution in [1.29, 1.82) is 0 Å². The van der Waals surface area contributed by atoms with Crippen LogP contribution in [0, 0.1) is 6.92 Å². The zero-order valence-corrected chi connectivity index (χ0v) is 16.1. The van der Waals surface area contributed by atoms with Gasteiger partial charge in [-0.2, -0.15) is 11.8 Å². The van der Waals surface area contributed by atoms with Crippen LogP contribution in [0.3, 0.4) is 0 Å². The molecule has 1 saturated heterocycles. The summed E-state index contributed by atoms with van der Waals surface area (Å²) >= 11 is 1.68. The van der Waals surface area contributed by atoms with Gasteiger partial charge in [-0.25, -0.2) is 0 Å². The van der Waals surface area contributed by atoms with Crippen molar-refractivity contribution in [2.24, 2.45) is 0 Å². The second kappa shape index (κ2) is 9.82. The molecule has 3 atom stereocenters. The number of carbonyl (C=O) groups excluding carboxylic acids is 2. The van der Waals surface area contributed by atoms with E-state index in [4.69, 9.17) is 0 Å². The molecule has 1 aliphatic heterocycles. The summed E-state index contributed by atoms with van der Waals surface area (Å²) in [6.07, 6.45) is 4.49. The number of amides is 2. The van der Waals surface area contributed by atoms with Gasteiger partial charge in [0.15, 0.2) is 0 Å². The van der Waals surface area contributed by atoms with Crippen LogP contribution in [0.25, 0.3) is 0 Å². The number of aryl methyl sites for hydroxylation is 1. The van der Waals surface area contributed by atoms with Crippen LogP contribution in [0.1, 0.15) is 42.1 Å². The van der Waals surface area contributed by atoms with Gasteiger partial charge in [0, 0.05) is 17.6 Å². The van der Waals surface area contributed by atoms with Crippen LogP contribution < -0.4 is 16.0 Å². The molecule has 0 radical (unpaired) electrons. The average molecular weight is 364 g/mol. The van der Waals surface area contributed by atoms with E-state index in [2.05, 4.69) is 22.9 Å². The summed E-state index contributed by atoms with van der Waals surface area (Å²) in [5.74, 6) is 0.562. The Balaban J connectivity index is 1.99. The first-order chi connectivity index (χ1) is 12.0. The largest absolute Gasteiger partial charge is 0.351 e. The Morgan fingerprint density at radius 2 is 2.20 bits per heavy atom. The van der Waals surface area contributed by atoms with E-state index in [-0.39, 0.29) is 17.9 Å². The van der Waals surface area contributed by atoms with Gasteiger partial charge in [-0.05, 0) is 63.8 Å². The minimum Gasteiger partial charge on any atom is -0.351 e. The number of hydrogen-bond donors (Lipinski definition) is 3. The van der Waals surface area contributed by atoms with Gasteiger partial charge in [-0.3, -0.25) is 9.59 Å². The summed E-state index contributed by atoms with van der Waals surface area (Å²) in [4.78, 5) is 25.2. The Hall–Kier alpha value is -1.53. The fourth-order valence-electron chi connectivity index (χ4n) is 3.10. The molecule has 1 heterocycles. The molecular formula is C19H29N3O2S. The van der Waals surface area contributed by atoms with E-state index in [9.17, 15) is 9.59 Å². The second-order valence-corrected chi connectivity index (χ2v) is 7.75. The van der Waals surface area contributed by atoms with Gasteiger partial charge in [0.1, 0.15) is 6.04 Å². The molecule has 0 spiro atoms. The highest BCUT2D eigenvalue weighted by atomic mass is 32.2. The van der Waals surface area contributed by atoms with Crippen molar-refractivity contribution in [3.8, 4) is 0 Å². The molecule has 1 aliphatic rings. The van der Waals surface area contributed by atoms with E-state index in [1.54, 1.807) is 17.8 Å². The van der Waals surface area contributed by atoms with Gasteiger partial charge in [0.25, 0.3) is 5.91 Å². The maximum Gasteiger partial charge on any atom is 0.251 e. The summed E-state index contributed by atoms with van der Waals surface area (Å²) in [6.45, 7) is 4.99.